The van der Waals surface area contributed by atoms with Gasteiger partial charge < -0.3 is 10.0 Å². The summed E-state index contributed by atoms with van der Waals surface area (Å²) in [5.41, 5.74) is 0.994. The van der Waals surface area contributed by atoms with Crippen LogP contribution in [0.2, 0.25) is 0 Å². The molecule has 1 aromatic rings. The largest absolute Gasteiger partial charge is 0.480 e. The van der Waals surface area contributed by atoms with Crippen LogP contribution in [0, 0.1) is 22.5 Å². The Labute approximate surface area is 123 Å². The van der Waals surface area contributed by atoms with Gasteiger partial charge in [0.2, 0.25) is 0 Å². The van der Waals surface area contributed by atoms with Crippen molar-refractivity contribution in [3.05, 3.63) is 33.9 Å². The number of benzene rings is 1. The number of aliphatic carboxylic acids is 1. The number of hydrogen-bond acceptors (Lipinski definition) is 4. The van der Waals surface area contributed by atoms with Gasteiger partial charge in [0.25, 0.3) is 5.69 Å². The third-order valence-electron chi connectivity index (χ3n) is 4.10. The van der Waals surface area contributed by atoms with Gasteiger partial charge in [-0.1, -0.05) is 13.8 Å². The van der Waals surface area contributed by atoms with Crippen LogP contribution in [0.5, 0.6) is 0 Å². The fraction of sp³-hybridized carbons (Fsp3) is 0.533. The van der Waals surface area contributed by atoms with Crippen molar-refractivity contribution in [1.82, 2.24) is 0 Å². The number of nitro groups is 1. The molecule has 0 amide bonds. The maximum absolute atomic E-state index is 11.7. The molecule has 0 saturated carbocycles. The highest BCUT2D eigenvalue weighted by atomic mass is 16.6. The van der Waals surface area contributed by atoms with E-state index in [0.29, 0.717) is 12.2 Å². The Morgan fingerprint density at radius 1 is 1.43 bits per heavy atom. The summed E-state index contributed by atoms with van der Waals surface area (Å²) < 4.78 is 0. The normalized spacial score (nSPS) is 21.1. The van der Waals surface area contributed by atoms with Crippen LogP contribution < -0.4 is 4.90 Å². The van der Waals surface area contributed by atoms with Gasteiger partial charge in [-0.3, -0.25) is 10.1 Å². The number of anilines is 1. The van der Waals surface area contributed by atoms with E-state index in [2.05, 4.69) is 0 Å². The molecule has 1 aliphatic heterocycles. The van der Waals surface area contributed by atoms with Gasteiger partial charge in [-0.25, -0.2) is 4.79 Å². The molecule has 0 bridgehead atoms. The summed E-state index contributed by atoms with van der Waals surface area (Å²) in [5.74, 6) is -0.885. The van der Waals surface area contributed by atoms with Gasteiger partial charge in [0.05, 0.1) is 4.92 Å². The molecule has 1 fully saturated rings. The second-order valence-corrected chi connectivity index (χ2v) is 6.31. The van der Waals surface area contributed by atoms with E-state index in [1.807, 2.05) is 19.9 Å². The van der Waals surface area contributed by atoms with Crippen LogP contribution >= 0.6 is 0 Å². The van der Waals surface area contributed by atoms with Crippen molar-refractivity contribution in [2.45, 2.75) is 39.7 Å². The van der Waals surface area contributed by atoms with E-state index >= 15 is 0 Å². The van der Waals surface area contributed by atoms with E-state index in [9.17, 15) is 20.0 Å². The average Bonchev–Trinajstić information content (AvgIpc) is 2.35. The van der Waals surface area contributed by atoms with Gasteiger partial charge in [0.1, 0.15) is 6.04 Å². The minimum Gasteiger partial charge on any atom is -0.480 e. The van der Waals surface area contributed by atoms with Gasteiger partial charge in [-0.2, -0.15) is 0 Å². The molecule has 6 heteroatoms. The van der Waals surface area contributed by atoms with Gasteiger partial charge in [0.15, 0.2) is 0 Å². The minimum atomic E-state index is -0.885. The molecule has 1 heterocycles. The summed E-state index contributed by atoms with van der Waals surface area (Å²) in [7, 11) is 0. The smallest absolute Gasteiger partial charge is 0.326 e. The second-order valence-electron chi connectivity index (χ2n) is 6.31. The molecule has 1 saturated heterocycles. The lowest BCUT2D eigenvalue weighted by Gasteiger charge is -2.45. The number of carboxylic acids is 1. The molecule has 21 heavy (non-hydrogen) atoms. The zero-order valence-electron chi connectivity index (χ0n) is 12.5. The van der Waals surface area contributed by atoms with Crippen molar-refractivity contribution in [2.75, 3.05) is 11.4 Å². The van der Waals surface area contributed by atoms with Crippen molar-refractivity contribution < 1.29 is 14.8 Å². The van der Waals surface area contributed by atoms with Crippen LogP contribution in [0.1, 0.15) is 32.3 Å². The number of aryl methyl sites for hydroxylation is 1. The van der Waals surface area contributed by atoms with E-state index in [1.54, 1.807) is 11.8 Å². The fourth-order valence-corrected chi connectivity index (χ4v) is 3.15. The number of hydrogen-bond donors (Lipinski definition) is 1. The molecule has 114 valence electrons. The first-order chi connectivity index (χ1) is 9.72. The summed E-state index contributed by atoms with van der Waals surface area (Å²) >= 11 is 0. The third kappa shape index (κ3) is 2.99. The van der Waals surface area contributed by atoms with Crippen LogP contribution in [0.3, 0.4) is 0 Å². The Morgan fingerprint density at radius 3 is 2.67 bits per heavy atom. The number of carbonyl (C=O) groups is 1. The van der Waals surface area contributed by atoms with E-state index in [0.717, 1.165) is 18.4 Å². The minimum absolute atomic E-state index is 0.00230. The Bertz CT molecular complexity index is 583. The first-order valence-corrected chi connectivity index (χ1v) is 6.98. The lowest BCUT2D eigenvalue weighted by molar-refractivity contribution is -0.384. The highest BCUT2D eigenvalue weighted by Gasteiger charge is 2.42. The maximum Gasteiger partial charge on any atom is 0.326 e. The second kappa shape index (κ2) is 5.35. The molecular formula is C15H20N2O4. The van der Waals surface area contributed by atoms with E-state index in [1.165, 1.54) is 12.1 Å². The highest BCUT2D eigenvalue weighted by Crippen LogP contribution is 2.38. The Kier molecular flexibility index (Phi) is 3.89. The summed E-state index contributed by atoms with van der Waals surface area (Å²) in [4.78, 5) is 24.0. The van der Waals surface area contributed by atoms with E-state index in [4.69, 9.17) is 0 Å². The highest BCUT2D eigenvalue weighted by molar-refractivity contribution is 5.80. The first kappa shape index (κ1) is 15.3. The maximum atomic E-state index is 11.7. The van der Waals surface area contributed by atoms with Crippen LogP contribution in [0.25, 0.3) is 0 Å². The predicted octanol–water partition coefficient (Wildman–Crippen LogP) is 2.98. The van der Waals surface area contributed by atoms with Gasteiger partial charge in [-0.15, -0.1) is 0 Å². The summed E-state index contributed by atoms with van der Waals surface area (Å²) in [5, 5.41) is 20.6. The van der Waals surface area contributed by atoms with Crippen molar-refractivity contribution in [1.29, 1.82) is 0 Å². The van der Waals surface area contributed by atoms with Crippen LogP contribution in [-0.2, 0) is 4.79 Å². The first-order valence-electron chi connectivity index (χ1n) is 6.98. The zero-order chi connectivity index (χ0) is 15.8. The SMILES string of the molecule is Cc1cc(N2CCCC(C)(C)C2C(=O)O)cc([N+](=O)[O-])c1. The van der Waals surface area contributed by atoms with Gasteiger partial charge in [0, 0.05) is 24.4 Å². The lowest BCUT2D eigenvalue weighted by Crippen LogP contribution is -2.54. The number of rotatable bonds is 3. The fourth-order valence-electron chi connectivity index (χ4n) is 3.15. The number of nitrogens with zero attached hydrogens (tertiary/aromatic N) is 2. The van der Waals surface area contributed by atoms with E-state index in [-0.39, 0.29) is 11.1 Å². The van der Waals surface area contributed by atoms with Crippen molar-refractivity contribution >= 4 is 17.3 Å². The number of piperidine rings is 1. The lowest BCUT2D eigenvalue weighted by atomic mass is 9.76. The molecule has 0 aromatic heterocycles. The van der Waals surface area contributed by atoms with Crippen LogP contribution in [0.4, 0.5) is 11.4 Å². The van der Waals surface area contributed by atoms with E-state index < -0.39 is 16.9 Å². The molecule has 0 spiro atoms. The molecule has 1 N–H and O–H groups in total. The molecular weight excluding hydrogens is 272 g/mol. The number of nitro benzene ring substituents is 1. The summed E-state index contributed by atoms with van der Waals surface area (Å²) in [6, 6.07) is 4.09. The Balaban J connectivity index is 2.48. The van der Waals surface area contributed by atoms with Crippen LogP contribution in [0.15, 0.2) is 18.2 Å². The Morgan fingerprint density at radius 2 is 2.10 bits per heavy atom. The molecule has 0 radical (unpaired) electrons. The molecule has 1 aliphatic rings. The summed E-state index contributed by atoms with van der Waals surface area (Å²) in [6.07, 6.45) is 1.70. The molecule has 1 atom stereocenters. The quantitative estimate of drug-likeness (QED) is 0.684. The number of carboxylic acid groups (broad SMARTS) is 1. The van der Waals surface area contributed by atoms with Gasteiger partial charge >= 0.3 is 5.97 Å². The zero-order valence-corrected chi connectivity index (χ0v) is 12.5. The monoisotopic (exact) mass is 292 g/mol. The number of non-ortho nitro benzene ring substituents is 1. The standard InChI is InChI=1S/C15H20N2O4/c1-10-7-11(9-12(8-10)17(20)21)16-6-4-5-15(2,3)13(16)14(18)19/h7-9,13H,4-6H2,1-3H3,(H,18,19). The molecule has 0 aliphatic carbocycles. The third-order valence-corrected chi connectivity index (χ3v) is 4.10. The van der Waals surface area contributed by atoms with Crippen molar-refractivity contribution in [3.63, 3.8) is 0 Å². The molecule has 6 nitrogen and oxygen atoms in total. The average molecular weight is 292 g/mol. The molecule has 2 rings (SSSR count). The molecule has 1 aromatic carbocycles. The van der Waals surface area contributed by atoms with Crippen LogP contribution in [-0.4, -0.2) is 28.6 Å². The topological polar surface area (TPSA) is 83.7 Å². The van der Waals surface area contributed by atoms with Crippen molar-refractivity contribution in [2.24, 2.45) is 5.41 Å². The summed E-state index contributed by atoms with van der Waals surface area (Å²) in [6.45, 7) is 6.24. The predicted molar refractivity (Wildman–Crippen MR) is 79.6 cm³/mol. The van der Waals surface area contributed by atoms with Crippen molar-refractivity contribution in [3.8, 4) is 0 Å². The Hall–Kier alpha value is -2.11. The van der Waals surface area contributed by atoms with Gasteiger partial charge in [-0.05, 0) is 36.8 Å². The molecule has 1 unspecified atom stereocenters.